The zero-order valence-corrected chi connectivity index (χ0v) is 10.9. The Morgan fingerprint density at radius 1 is 1.17 bits per heavy atom. The smallest absolute Gasteiger partial charge is 0.328 e. The Morgan fingerprint density at radius 3 is 2.50 bits per heavy atom. The summed E-state index contributed by atoms with van der Waals surface area (Å²) in [5.41, 5.74) is 1.01. The number of hydrogen-bond acceptors (Lipinski definition) is 3. The fraction of sp³-hybridized carbons (Fsp3) is 0.267. The fourth-order valence-electron chi connectivity index (χ4n) is 1.95. The Bertz CT molecular complexity index is 565. The van der Waals surface area contributed by atoms with E-state index in [4.69, 9.17) is 4.74 Å². The minimum absolute atomic E-state index is 0.231. The van der Waals surface area contributed by atoms with E-state index in [2.05, 4.69) is 24.3 Å². The Balaban J connectivity index is 2.33. The van der Waals surface area contributed by atoms with E-state index in [0.717, 1.165) is 5.69 Å². The van der Waals surface area contributed by atoms with Crippen molar-refractivity contribution in [3.63, 3.8) is 0 Å². The molecule has 0 saturated carbocycles. The van der Waals surface area contributed by atoms with Gasteiger partial charge in [0.15, 0.2) is 0 Å². The van der Waals surface area contributed by atoms with Crippen LogP contribution >= 0.6 is 0 Å². The quantitative estimate of drug-likeness (QED) is 0.776. The van der Waals surface area contributed by atoms with Gasteiger partial charge in [-0.2, -0.15) is 0 Å². The van der Waals surface area contributed by atoms with Crippen molar-refractivity contribution in [3.8, 4) is 0 Å². The molecule has 1 atom stereocenters. The van der Waals surface area contributed by atoms with Crippen molar-refractivity contribution in [1.82, 2.24) is 0 Å². The Kier molecular flexibility index (Phi) is 3.51. The minimum Gasteiger partial charge on any atom is -0.467 e. The number of rotatable bonds is 3. The number of anilines is 1. The molecule has 0 fully saturated rings. The first-order chi connectivity index (χ1) is 8.63. The lowest BCUT2D eigenvalue weighted by Gasteiger charge is -2.25. The van der Waals surface area contributed by atoms with E-state index in [1.54, 1.807) is 0 Å². The normalized spacial score (nSPS) is 12.2. The lowest BCUT2D eigenvalue weighted by atomic mass is 10.1. The lowest BCUT2D eigenvalue weighted by Crippen LogP contribution is -2.36. The summed E-state index contributed by atoms with van der Waals surface area (Å²) < 4.78 is 4.76. The molecule has 0 heterocycles. The SMILES string of the molecule is COC(=O)C(C)N(C)c1ccc2ccccc2c1. The summed E-state index contributed by atoms with van der Waals surface area (Å²) in [5.74, 6) is -0.231. The summed E-state index contributed by atoms with van der Waals surface area (Å²) in [6.07, 6.45) is 0. The second-order valence-electron chi connectivity index (χ2n) is 4.34. The monoisotopic (exact) mass is 243 g/mol. The van der Waals surface area contributed by atoms with Crippen molar-refractivity contribution >= 4 is 22.4 Å². The van der Waals surface area contributed by atoms with Crippen LogP contribution in [0.5, 0.6) is 0 Å². The van der Waals surface area contributed by atoms with E-state index in [0.29, 0.717) is 0 Å². The van der Waals surface area contributed by atoms with Gasteiger partial charge < -0.3 is 9.64 Å². The summed E-state index contributed by atoms with van der Waals surface area (Å²) >= 11 is 0. The van der Waals surface area contributed by atoms with E-state index in [9.17, 15) is 4.79 Å². The first-order valence-electron chi connectivity index (χ1n) is 5.93. The molecule has 18 heavy (non-hydrogen) atoms. The number of likely N-dealkylation sites (N-methyl/N-ethyl adjacent to an activating group) is 1. The Labute approximate surface area is 107 Å². The van der Waals surface area contributed by atoms with Crippen LogP contribution in [-0.2, 0) is 9.53 Å². The molecule has 0 aliphatic carbocycles. The molecule has 0 aliphatic rings. The largest absolute Gasteiger partial charge is 0.467 e. The average molecular weight is 243 g/mol. The molecular formula is C15H17NO2. The zero-order chi connectivity index (χ0) is 13.1. The molecule has 0 bridgehead atoms. The van der Waals surface area contributed by atoms with Gasteiger partial charge in [0.2, 0.25) is 0 Å². The summed E-state index contributed by atoms with van der Waals surface area (Å²) in [4.78, 5) is 13.4. The van der Waals surface area contributed by atoms with Crippen LogP contribution in [-0.4, -0.2) is 26.2 Å². The number of nitrogens with zero attached hydrogens (tertiary/aromatic N) is 1. The molecule has 0 amide bonds. The molecule has 0 aliphatic heterocycles. The molecule has 1 unspecified atom stereocenters. The number of esters is 1. The molecule has 2 aromatic carbocycles. The van der Waals surface area contributed by atoms with Crippen LogP contribution < -0.4 is 4.90 Å². The van der Waals surface area contributed by atoms with Gasteiger partial charge in [0, 0.05) is 12.7 Å². The third-order valence-electron chi connectivity index (χ3n) is 3.26. The molecular weight excluding hydrogens is 226 g/mol. The maximum absolute atomic E-state index is 11.5. The first kappa shape index (κ1) is 12.4. The van der Waals surface area contributed by atoms with Crippen LogP contribution in [0.15, 0.2) is 42.5 Å². The number of fused-ring (bicyclic) bond motifs is 1. The predicted octanol–water partition coefficient (Wildman–Crippen LogP) is 2.84. The number of ether oxygens (including phenoxy) is 1. The van der Waals surface area contributed by atoms with E-state index in [-0.39, 0.29) is 12.0 Å². The van der Waals surface area contributed by atoms with E-state index >= 15 is 0 Å². The summed E-state index contributed by atoms with van der Waals surface area (Å²) in [5, 5.41) is 2.36. The highest BCUT2D eigenvalue weighted by atomic mass is 16.5. The predicted molar refractivity (Wildman–Crippen MR) is 73.8 cm³/mol. The maximum atomic E-state index is 11.5. The van der Waals surface area contributed by atoms with Gasteiger partial charge in [0.1, 0.15) is 6.04 Å². The van der Waals surface area contributed by atoms with Gasteiger partial charge in [-0.15, -0.1) is 0 Å². The van der Waals surface area contributed by atoms with Crippen LogP contribution in [0, 0.1) is 0 Å². The van der Waals surface area contributed by atoms with Crippen molar-refractivity contribution in [3.05, 3.63) is 42.5 Å². The second-order valence-corrected chi connectivity index (χ2v) is 4.34. The molecule has 0 radical (unpaired) electrons. The van der Waals surface area contributed by atoms with Crippen LogP contribution in [0.25, 0.3) is 10.8 Å². The molecule has 0 N–H and O–H groups in total. The summed E-state index contributed by atoms with van der Waals surface area (Å²) in [6.45, 7) is 1.83. The summed E-state index contributed by atoms with van der Waals surface area (Å²) in [6, 6.07) is 14.0. The number of hydrogen-bond donors (Lipinski definition) is 0. The molecule has 3 nitrogen and oxygen atoms in total. The highest BCUT2D eigenvalue weighted by Crippen LogP contribution is 2.22. The topological polar surface area (TPSA) is 29.5 Å². The third-order valence-corrected chi connectivity index (χ3v) is 3.26. The van der Waals surface area contributed by atoms with Crippen molar-refractivity contribution in [2.45, 2.75) is 13.0 Å². The van der Waals surface area contributed by atoms with Crippen LogP contribution in [0.2, 0.25) is 0 Å². The molecule has 2 rings (SSSR count). The lowest BCUT2D eigenvalue weighted by molar-refractivity contribution is -0.141. The summed E-state index contributed by atoms with van der Waals surface area (Å²) in [7, 11) is 3.30. The highest BCUT2D eigenvalue weighted by molar-refractivity contribution is 5.87. The number of benzene rings is 2. The van der Waals surface area contributed by atoms with Crippen LogP contribution in [0.4, 0.5) is 5.69 Å². The second kappa shape index (κ2) is 5.08. The van der Waals surface area contributed by atoms with Gasteiger partial charge in [-0.25, -0.2) is 4.79 Å². The standard InChI is InChI=1S/C15H17NO2/c1-11(15(17)18-3)16(2)14-9-8-12-6-4-5-7-13(12)10-14/h4-11H,1-3H3. The van der Waals surface area contributed by atoms with Crippen molar-refractivity contribution in [2.75, 3.05) is 19.1 Å². The highest BCUT2D eigenvalue weighted by Gasteiger charge is 2.18. The van der Waals surface area contributed by atoms with Gasteiger partial charge in [0.25, 0.3) is 0 Å². The van der Waals surface area contributed by atoms with Gasteiger partial charge in [0.05, 0.1) is 7.11 Å². The Hall–Kier alpha value is -2.03. The van der Waals surface area contributed by atoms with Crippen LogP contribution in [0.3, 0.4) is 0 Å². The van der Waals surface area contributed by atoms with Gasteiger partial charge in [-0.3, -0.25) is 0 Å². The molecule has 0 spiro atoms. The Morgan fingerprint density at radius 2 is 1.83 bits per heavy atom. The first-order valence-corrected chi connectivity index (χ1v) is 5.93. The number of carbonyl (C=O) groups is 1. The third kappa shape index (κ3) is 2.30. The van der Waals surface area contributed by atoms with Crippen molar-refractivity contribution in [2.24, 2.45) is 0 Å². The maximum Gasteiger partial charge on any atom is 0.328 e. The molecule has 0 aromatic heterocycles. The van der Waals surface area contributed by atoms with Gasteiger partial charge >= 0.3 is 5.97 Å². The number of carbonyl (C=O) groups excluding carboxylic acids is 1. The van der Waals surface area contributed by atoms with Crippen molar-refractivity contribution < 1.29 is 9.53 Å². The fourth-order valence-corrected chi connectivity index (χ4v) is 1.95. The van der Waals surface area contributed by atoms with Gasteiger partial charge in [-0.05, 0) is 29.8 Å². The minimum atomic E-state index is -0.295. The molecule has 0 saturated heterocycles. The van der Waals surface area contributed by atoms with E-state index < -0.39 is 0 Å². The molecule has 2 aromatic rings. The van der Waals surface area contributed by atoms with Crippen LogP contribution in [0.1, 0.15) is 6.92 Å². The number of methoxy groups -OCH3 is 1. The van der Waals surface area contributed by atoms with E-state index in [1.807, 2.05) is 37.1 Å². The van der Waals surface area contributed by atoms with E-state index in [1.165, 1.54) is 17.9 Å². The van der Waals surface area contributed by atoms with Crippen molar-refractivity contribution in [1.29, 1.82) is 0 Å². The van der Waals surface area contributed by atoms with Gasteiger partial charge in [-0.1, -0.05) is 30.3 Å². The molecule has 3 heteroatoms. The average Bonchev–Trinajstić information content (AvgIpc) is 2.44. The molecule has 94 valence electrons. The zero-order valence-electron chi connectivity index (χ0n) is 10.9.